The van der Waals surface area contributed by atoms with E-state index in [1.807, 2.05) is 0 Å². The molecule has 1 saturated heterocycles. The molecule has 0 aromatic heterocycles. The SMILES string of the molecule is CCOC(=O)C(C)(CC1CCOCC1)C(=O)OCC. The number of hydrogen-bond donors (Lipinski definition) is 0. The minimum Gasteiger partial charge on any atom is -0.465 e. The van der Waals surface area contributed by atoms with E-state index in [9.17, 15) is 9.59 Å². The minimum absolute atomic E-state index is 0.265. The zero-order valence-corrected chi connectivity index (χ0v) is 12.1. The van der Waals surface area contributed by atoms with Crippen molar-refractivity contribution in [1.29, 1.82) is 0 Å². The molecule has 0 N–H and O–H groups in total. The van der Waals surface area contributed by atoms with E-state index in [4.69, 9.17) is 14.2 Å². The Morgan fingerprint density at radius 2 is 1.58 bits per heavy atom. The molecule has 1 aliphatic rings. The first-order valence-electron chi connectivity index (χ1n) is 6.96. The first-order valence-corrected chi connectivity index (χ1v) is 6.96. The first-order chi connectivity index (χ1) is 9.04. The number of carbonyl (C=O) groups excluding carboxylic acids is 2. The highest BCUT2D eigenvalue weighted by Gasteiger charge is 2.45. The van der Waals surface area contributed by atoms with Crippen molar-refractivity contribution in [2.24, 2.45) is 11.3 Å². The van der Waals surface area contributed by atoms with Crippen molar-refractivity contribution in [2.45, 2.75) is 40.0 Å². The van der Waals surface area contributed by atoms with Gasteiger partial charge in [0.1, 0.15) is 0 Å². The maximum absolute atomic E-state index is 12.1. The molecule has 1 rings (SSSR count). The van der Waals surface area contributed by atoms with Gasteiger partial charge < -0.3 is 14.2 Å². The topological polar surface area (TPSA) is 61.8 Å². The van der Waals surface area contributed by atoms with Gasteiger partial charge in [0.2, 0.25) is 0 Å². The van der Waals surface area contributed by atoms with Gasteiger partial charge >= 0.3 is 11.9 Å². The van der Waals surface area contributed by atoms with Crippen molar-refractivity contribution in [3.8, 4) is 0 Å². The molecule has 0 aromatic carbocycles. The van der Waals surface area contributed by atoms with Crippen molar-refractivity contribution in [1.82, 2.24) is 0 Å². The number of carbonyl (C=O) groups is 2. The smallest absolute Gasteiger partial charge is 0.323 e. The second kappa shape index (κ2) is 7.48. The highest BCUT2D eigenvalue weighted by molar-refractivity contribution is 5.99. The van der Waals surface area contributed by atoms with Gasteiger partial charge in [-0.2, -0.15) is 0 Å². The predicted octanol–water partition coefficient (Wildman–Crippen LogP) is 1.94. The Hall–Kier alpha value is -1.10. The van der Waals surface area contributed by atoms with E-state index >= 15 is 0 Å². The monoisotopic (exact) mass is 272 g/mol. The average molecular weight is 272 g/mol. The Balaban J connectivity index is 2.77. The normalized spacial score (nSPS) is 17.0. The quantitative estimate of drug-likeness (QED) is 0.546. The summed E-state index contributed by atoms with van der Waals surface area (Å²) in [6, 6.07) is 0. The van der Waals surface area contributed by atoms with E-state index in [1.54, 1.807) is 20.8 Å². The lowest BCUT2D eigenvalue weighted by Gasteiger charge is -2.31. The van der Waals surface area contributed by atoms with Crippen molar-refractivity contribution in [2.75, 3.05) is 26.4 Å². The van der Waals surface area contributed by atoms with Gasteiger partial charge in [-0.1, -0.05) is 0 Å². The molecule has 0 aliphatic carbocycles. The Morgan fingerprint density at radius 3 is 2.00 bits per heavy atom. The van der Waals surface area contributed by atoms with Gasteiger partial charge in [-0.05, 0) is 46.0 Å². The molecule has 0 amide bonds. The van der Waals surface area contributed by atoms with Gasteiger partial charge in [-0.3, -0.25) is 9.59 Å². The third kappa shape index (κ3) is 4.20. The van der Waals surface area contributed by atoms with Crippen molar-refractivity contribution >= 4 is 11.9 Å². The Kier molecular flexibility index (Phi) is 6.28. The van der Waals surface area contributed by atoms with Crippen molar-refractivity contribution < 1.29 is 23.8 Å². The van der Waals surface area contributed by atoms with Crippen LogP contribution in [0.25, 0.3) is 0 Å². The zero-order valence-electron chi connectivity index (χ0n) is 12.1. The maximum atomic E-state index is 12.1. The van der Waals surface area contributed by atoms with Crippen LogP contribution in [0.15, 0.2) is 0 Å². The van der Waals surface area contributed by atoms with Gasteiger partial charge in [-0.25, -0.2) is 0 Å². The lowest BCUT2D eigenvalue weighted by Crippen LogP contribution is -2.41. The van der Waals surface area contributed by atoms with Gasteiger partial charge in [0.15, 0.2) is 5.41 Å². The molecule has 0 atom stereocenters. The summed E-state index contributed by atoms with van der Waals surface area (Å²) in [4.78, 5) is 24.2. The highest BCUT2D eigenvalue weighted by Crippen LogP contribution is 2.34. The molecule has 0 unspecified atom stereocenters. The van der Waals surface area contributed by atoms with Gasteiger partial charge in [-0.15, -0.1) is 0 Å². The number of hydrogen-bond acceptors (Lipinski definition) is 5. The number of ether oxygens (including phenoxy) is 3. The number of esters is 2. The van der Waals surface area contributed by atoms with E-state index < -0.39 is 17.4 Å². The van der Waals surface area contributed by atoms with E-state index in [-0.39, 0.29) is 13.2 Å². The second-order valence-corrected chi connectivity index (χ2v) is 5.03. The third-order valence-corrected chi connectivity index (χ3v) is 3.49. The van der Waals surface area contributed by atoms with Gasteiger partial charge in [0, 0.05) is 13.2 Å². The van der Waals surface area contributed by atoms with Gasteiger partial charge in [0.25, 0.3) is 0 Å². The standard InChI is InChI=1S/C14H24O5/c1-4-18-12(15)14(3,13(16)19-5-2)10-11-6-8-17-9-7-11/h11H,4-10H2,1-3H3. The summed E-state index contributed by atoms with van der Waals surface area (Å²) in [6.07, 6.45) is 2.21. The summed E-state index contributed by atoms with van der Waals surface area (Å²) in [5, 5.41) is 0. The van der Waals surface area contributed by atoms with Crippen LogP contribution in [0.5, 0.6) is 0 Å². The van der Waals surface area contributed by atoms with Crippen LogP contribution in [-0.4, -0.2) is 38.4 Å². The molecule has 5 heteroatoms. The molecule has 110 valence electrons. The molecular formula is C14H24O5. The second-order valence-electron chi connectivity index (χ2n) is 5.03. The summed E-state index contributed by atoms with van der Waals surface area (Å²) in [5.74, 6) is -0.674. The van der Waals surface area contributed by atoms with Crippen LogP contribution in [0.3, 0.4) is 0 Å². The highest BCUT2D eigenvalue weighted by atomic mass is 16.6. The lowest BCUT2D eigenvalue weighted by molar-refractivity contribution is -0.172. The van der Waals surface area contributed by atoms with Crippen LogP contribution >= 0.6 is 0 Å². The molecule has 0 aromatic rings. The summed E-state index contributed by atoms with van der Waals surface area (Å²) >= 11 is 0. The van der Waals surface area contributed by atoms with Crippen LogP contribution in [0, 0.1) is 11.3 Å². The molecule has 0 spiro atoms. The fraction of sp³-hybridized carbons (Fsp3) is 0.857. The van der Waals surface area contributed by atoms with E-state index in [0.717, 1.165) is 12.8 Å². The minimum atomic E-state index is -1.20. The first kappa shape index (κ1) is 16.0. The molecule has 1 heterocycles. The summed E-state index contributed by atoms with van der Waals surface area (Å²) in [5.41, 5.74) is -1.20. The van der Waals surface area contributed by atoms with E-state index in [2.05, 4.69) is 0 Å². The van der Waals surface area contributed by atoms with Crippen LogP contribution in [-0.2, 0) is 23.8 Å². The van der Waals surface area contributed by atoms with Crippen molar-refractivity contribution in [3.63, 3.8) is 0 Å². The molecule has 1 aliphatic heterocycles. The fourth-order valence-corrected chi connectivity index (χ4v) is 2.36. The van der Waals surface area contributed by atoms with E-state index in [0.29, 0.717) is 25.6 Å². The third-order valence-electron chi connectivity index (χ3n) is 3.49. The van der Waals surface area contributed by atoms with E-state index in [1.165, 1.54) is 0 Å². The number of rotatable bonds is 6. The lowest BCUT2D eigenvalue weighted by atomic mass is 9.78. The van der Waals surface area contributed by atoms with Crippen LogP contribution in [0.2, 0.25) is 0 Å². The summed E-state index contributed by atoms with van der Waals surface area (Å²) in [7, 11) is 0. The Labute approximate surface area is 114 Å². The van der Waals surface area contributed by atoms with Crippen molar-refractivity contribution in [3.05, 3.63) is 0 Å². The molecule has 0 radical (unpaired) electrons. The molecule has 0 bridgehead atoms. The largest absolute Gasteiger partial charge is 0.465 e. The summed E-state index contributed by atoms with van der Waals surface area (Å²) in [6.45, 7) is 7.00. The fourth-order valence-electron chi connectivity index (χ4n) is 2.36. The Morgan fingerprint density at radius 1 is 1.11 bits per heavy atom. The molecule has 5 nitrogen and oxygen atoms in total. The van der Waals surface area contributed by atoms with Crippen LogP contribution in [0.1, 0.15) is 40.0 Å². The molecule has 0 saturated carbocycles. The van der Waals surface area contributed by atoms with Crippen LogP contribution < -0.4 is 0 Å². The average Bonchev–Trinajstić information content (AvgIpc) is 2.40. The maximum Gasteiger partial charge on any atom is 0.323 e. The molecule has 1 fully saturated rings. The molecule has 19 heavy (non-hydrogen) atoms. The Bertz CT molecular complexity index is 289. The predicted molar refractivity (Wildman–Crippen MR) is 69.5 cm³/mol. The van der Waals surface area contributed by atoms with Crippen LogP contribution in [0.4, 0.5) is 0 Å². The zero-order chi connectivity index (χ0) is 14.3. The van der Waals surface area contributed by atoms with Gasteiger partial charge in [0.05, 0.1) is 13.2 Å². The molecular weight excluding hydrogens is 248 g/mol. The summed E-state index contributed by atoms with van der Waals surface area (Å²) < 4.78 is 15.4.